The maximum absolute atomic E-state index is 3.95. The fraction of sp³-hybridized carbons (Fsp3) is 0.400. The van der Waals surface area contributed by atoms with Crippen LogP contribution in [0.2, 0.25) is 0 Å². The van der Waals surface area contributed by atoms with Gasteiger partial charge in [-0.15, -0.1) is 0 Å². The largest absolute Gasteiger partial charge is 0.0786 e. The van der Waals surface area contributed by atoms with Gasteiger partial charge in [0.1, 0.15) is 0 Å². The Balaban J connectivity index is 2.63. The molecule has 2 aromatic carbocycles. The smallest absolute Gasteiger partial charge is 0.0650 e. The summed E-state index contributed by atoms with van der Waals surface area (Å²) in [5.41, 5.74) is 12.6. The zero-order chi connectivity index (χ0) is 15.9. The first-order chi connectivity index (χ1) is 9.75. The highest BCUT2D eigenvalue weighted by Crippen LogP contribution is 2.39. The highest BCUT2D eigenvalue weighted by molar-refractivity contribution is 9.09. The highest BCUT2D eigenvalue weighted by atomic mass is 79.9. The minimum Gasteiger partial charge on any atom is -0.0786 e. The molecule has 0 saturated heterocycles. The molecule has 21 heavy (non-hydrogen) atoms. The van der Waals surface area contributed by atoms with E-state index in [1.165, 1.54) is 50.1 Å². The molecule has 0 fully saturated rings. The number of halogens is 1. The molecule has 2 rings (SSSR count). The first-order valence-electron chi connectivity index (χ1n) is 7.53. The van der Waals surface area contributed by atoms with Crippen LogP contribution in [0.25, 0.3) is 0 Å². The van der Waals surface area contributed by atoms with Crippen molar-refractivity contribution >= 4 is 15.9 Å². The predicted octanol–water partition coefficient (Wildman–Crippen LogP) is 6.33. The zero-order valence-corrected chi connectivity index (χ0v) is 15.8. The standard InChI is InChI=1S/C20H25Br/c1-11-8-9-18(10-12(11)2)20(21)19-16(6)14(4)13(3)15(5)17(19)7/h8-10,20H,1-7H3. The normalized spacial score (nSPS) is 12.6. The Morgan fingerprint density at radius 3 is 1.62 bits per heavy atom. The molecular weight excluding hydrogens is 320 g/mol. The molecule has 0 amide bonds. The lowest BCUT2D eigenvalue weighted by atomic mass is 9.86. The van der Waals surface area contributed by atoms with Crippen molar-refractivity contribution in [1.29, 1.82) is 0 Å². The van der Waals surface area contributed by atoms with Crippen LogP contribution in [0.3, 0.4) is 0 Å². The van der Waals surface area contributed by atoms with Gasteiger partial charge in [-0.2, -0.15) is 0 Å². The summed E-state index contributed by atoms with van der Waals surface area (Å²) in [7, 11) is 0. The topological polar surface area (TPSA) is 0 Å². The molecule has 112 valence electrons. The van der Waals surface area contributed by atoms with Gasteiger partial charge in [0.25, 0.3) is 0 Å². The molecule has 0 aliphatic rings. The van der Waals surface area contributed by atoms with Crippen molar-refractivity contribution in [1.82, 2.24) is 0 Å². The van der Waals surface area contributed by atoms with Gasteiger partial charge in [0, 0.05) is 0 Å². The summed E-state index contributed by atoms with van der Waals surface area (Å²) in [5.74, 6) is 0. The van der Waals surface area contributed by atoms with E-state index in [9.17, 15) is 0 Å². The van der Waals surface area contributed by atoms with Gasteiger partial charge in [-0.05, 0) is 98.5 Å². The quantitative estimate of drug-likeness (QED) is 0.558. The van der Waals surface area contributed by atoms with Gasteiger partial charge in [-0.1, -0.05) is 34.1 Å². The van der Waals surface area contributed by atoms with Crippen LogP contribution in [0.1, 0.15) is 54.9 Å². The molecule has 1 atom stereocenters. The molecule has 0 spiro atoms. The van der Waals surface area contributed by atoms with Crippen molar-refractivity contribution in [2.75, 3.05) is 0 Å². The van der Waals surface area contributed by atoms with Crippen molar-refractivity contribution in [2.24, 2.45) is 0 Å². The third-order valence-electron chi connectivity index (χ3n) is 5.14. The fourth-order valence-corrected chi connectivity index (χ4v) is 3.97. The Hall–Kier alpha value is -1.08. The summed E-state index contributed by atoms with van der Waals surface area (Å²) in [4.78, 5) is 0.259. The van der Waals surface area contributed by atoms with Gasteiger partial charge >= 0.3 is 0 Å². The van der Waals surface area contributed by atoms with E-state index in [1.807, 2.05) is 0 Å². The van der Waals surface area contributed by atoms with E-state index in [4.69, 9.17) is 0 Å². The SMILES string of the molecule is Cc1ccc(C(Br)c2c(C)c(C)c(C)c(C)c2C)cc1C. The van der Waals surface area contributed by atoms with E-state index in [1.54, 1.807) is 0 Å². The van der Waals surface area contributed by atoms with E-state index in [0.29, 0.717) is 0 Å². The van der Waals surface area contributed by atoms with Crippen LogP contribution in [-0.4, -0.2) is 0 Å². The lowest BCUT2D eigenvalue weighted by Crippen LogP contribution is -2.06. The molecule has 0 aliphatic carbocycles. The number of aryl methyl sites for hydroxylation is 2. The second-order valence-electron chi connectivity index (χ2n) is 6.24. The van der Waals surface area contributed by atoms with Crippen LogP contribution >= 0.6 is 15.9 Å². The average molecular weight is 345 g/mol. The first-order valence-corrected chi connectivity index (χ1v) is 8.45. The first kappa shape index (κ1) is 16.3. The molecular formula is C20H25Br. The summed E-state index contributed by atoms with van der Waals surface area (Å²) in [6.07, 6.45) is 0. The van der Waals surface area contributed by atoms with Crippen molar-refractivity contribution in [3.8, 4) is 0 Å². The average Bonchev–Trinajstić information content (AvgIpc) is 2.46. The van der Waals surface area contributed by atoms with Crippen molar-refractivity contribution in [3.63, 3.8) is 0 Å². The monoisotopic (exact) mass is 344 g/mol. The molecule has 0 bridgehead atoms. The third kappa shape index (κ3) is 2.81. The fourth-order valence-electron chi connectivity index (χ4n) is 3.00. The van der Waals surface area contributed by atoms with Crippen molar-refractivity contribution in [2.45, 2.75) is 53.3 Å². The Kier molecular flexibility index (Phi) is 4.63. The summed E-state index contributed by atoms with van der Waals surface area (Å²) in [5, 5.41) is 0. The lowest BCUT2D eigenvalue weighted by molar-refractivity contribution is 1.05. The Morgan fingerprint density at radius 2 is 1.14 bits per heavy atom. The second kappa shape index (κ2) is 5.96. The Labute approximate surface area is 137 Å². The molecule has 1 unspecified atom stereocenters. The summed E-state index contributed by atoms with van der Waals surface area (Å²) in [6, 6.07) is 6.76. The van der Waals surface area contributed by atoms with Crippen molar-refractivity contribution in [3.05, 3.63) is 68.3 Å². The van der Waals surface area contributed by atoms with Crippen molar-refractivity contribution < 1.29 is 0 Å². The molecule has 0 N–H and O–H groups in total. The summed E-state index contributed by atoms with van der Waals surface area (Å²) in [6.45, 7) is 15.6. The van der Waals surface area contributed by atoms with Gasteiger partial charge in [0.2, 0.25) is 0 Å². The summed E-state index contributed by atoms with van der Waals surface area (Å²) >= 11 is 3.95. The minimum absolute atomic E-state index is 0.259. The number of benzene rings is 2. The van der Waals surface area contributed by atoms with Crippen LogP contribution in [0.15, 0.2) is 18.2 Å². The molecule has 0 radical (unpaired) electrons. The second-order valence-corrected chi connectivity index (χ2v) is 7.16. The molecule has 0 aromatic heterocycles. The lowest BCUT2D eigenvalue weighted by Gasteiger charge is -2.23. The van der Waals surface area contributed by atoms with Gasteiger partial charge in [0.05, 0.1) is 4.83 Å². The molecule has 0 heterocycles. The van der Waals surface area contributed by atoms with E-state index in [2.05, 4.69) is 82.6 Å². The van der Waals surface area contributed by atoms with Gasteiger partial charge in [0.15, 0.2) is 0 Å². The van der Waals surface area contributed by atoms with Crippen LogP contribution in [0, 0.1) is 48.5 Å². The number of hydrogen-bond donors (Lipinski definition) is 0. The van der Waals surface area contributed by atoms with E-state index in [-0.39, 0.29) is 4.83 Å². The minimum atomic E-state index is 0.259. The Morgan fingerprint density at radius 1 is 0.667 bits per heavy atom. The molecule has 2 aromatic rings. The van der Waals surface area contributed by atoms with Gasteiger partial charge in [-0.3, -0.25) is 0 Å². The maximum Gasteiger partial charge on any atom is 0.0650 e. The number of hydrogen-bond acceptors (Lipinski definition) is 0. The third-order valence-corrected chi connectivity index (χ3v) is 6.12. The highest BCUT2D eigenvalue weighted by Gasteiger charge is 2.20. The van der Waals surface area contributed by atoms with Crippen LogP contribution in [-0.2, 0) is 0 Å². The molecule has 1 heteroatoms. The van der Waals surface area contributed by atoms with E-state index in [0.717, 1.165) is 0 Å². The maximum atomic E-state index is 3.95. The van der Waals surface area contributed by atoms with Crippen LogP contribution < -0.4 is 0 Å². The molecule has 0 saturated carbocycles. The van der Waals surface area contributed by atoms with Crippen LogP contribution in [0.5, 0.6) is 0 Å². The van der Waals surface area contributed by atoms with Gasteiger partial charge < -0.3 is 0 Å². The predicted molar refractivity (Wildman–Crippen MR) is 96.8 cm³/mol. The van der Waals surface area contributed by atoms with Gasteiger partial charge in [-0.25, -0.2) is 0 Å². The van der Waals surface area contributed by atoms with E-state index < -0.39 is 0 Å². The summed E-state index contributed by atoms with van der Waals surface area (Å²) < 4.78 is 0. The van der Waals surface area contributed by atoms with Crippen LogP contribution in [0.4, 0.5) is 0 Å². The molecule has 0 aliphatic heterocycles. The Bertz CT molecular complexity index is 666. The zero-order valence-electron chi connectivity index (χ0n) is 14.2. The number of rotatable bonds is 2. The molecule has 0 nitrogen and oxygen atoms in total. The van der Waals surface area contributed by atoms with E-state index >= 15 is 0 Å². The number of alkyl halides is 1.